The standard InChI is InChI=1S/C20H26BrFN4O2S/c1-14-20(15(2)26(23-14)18-5-10-29(27,28)13-18)25-8-6-24(7-9-25)12-16-11-17(21)3-4-19(16)22/h3-4,11,18H,5-10,12-13H2,1-2H3. The maximum atomic E-state index is 14.1. The summed E-state index contributed by atoms with van der Waals surface area (Å²) in [5.41, 5.74) is 3.80. The molecule has 158 valence electrons. The molecule has 1 unspecified atom stereocenters. The van der Waals surface area contributed by atoms with Gasteiger partial charge >= 0.3 is 0 Å². The fourth-order valence-corrected chi connectivity index (χ4v) is 6.57. The Kier molecular flexibility index (Phi) is 5.74. The van der Waals surface area contributed by atoms with Crippen LogP contribution in [0.4, 0.5) is 10.1 Å². The molecule has 0 aliphatic carbocycles. The van der Waals surface area contributed by atoms with Gasteiger partial charge in [0.2, 0.25) is 0 Å². The van der Waals surface area contributed by atoms with E-state index in [1.165, 1.54) is 6.07 Å². The van der Waals surface area contributed by atoms with Crippen molar-refractivity contribution in [3.63, 3.8) is 0 Å². The molecule has 3 heterocycles. The number of hydrogen-bond donors (Lipinski definition) is 0. The lowest BCUT2D eigenvalue weighted by molar-refractivity contribution is 0.246. The van der Waals surface area contributed by atoms with Gasteiger partial charge < -0.3 is 4.90 Å². The van der Waals surface area contributed by atoms with Crippen LogP contribution in [0, 0.1) is 19.7 Å². The van der Waals surface area contributed by atoms with Crippen LogP contribution < -0.4 is 4.90 Å². The zero-order chi connectivity index (χ0) is 20.8. The van der Waals surface area contributed by atoms with Crippen LogP contribution >= 0.6 is 15.9 Å². The highest BCUT2D eigenvalue weighted by Gasteiger charge is 2.32. The van der Waals surface area contributed by atoms with Gasteiger partial charge in [-0.2, -0.15) is 5.10 Å². The van der Waals surface area contributed by atoms with Crippen molar-refractivity contribution >= 4 is 31.5 Å². The molecule has 6 nitrogen and oxygen atoms in total. The molecule has 29 heavy (non-hydrogen) atoms. The third kappa shape index (κ3) is 4.36. The molecule has 2 aliphatic rings. The summed E-state index contributed by atoms with van der Waals surface area (Å²) in [6.45, 7) is 7.98. The van der Waals surface area contributed by atoms with Gasteiger partial charge in [0.05, 0.1) is 34.6 Å². The lowest BCUT2D eigenvalue weighted by Gasteiger charge is -2.36. The summed E-state index contributed by atoms with van der Waals surface area (Å²) in [4.78, 5) is 4.59. The molecule has 2 aliphatic heterocycles. The predicted octanol–water partition coefficient (Wildman–Crippen LogP) is 3.08. The van der Waals surface area contributed by atoms with Crippen molar-refractivity contribution in [1.29, 1.82) is 0 Å². The van der Waals surface area contributed by atoms with Gasteiger partial charge in [-0.05, 0) is 38.5 Å². The minimum Gasteiger partial charge on any atom is -0.366 e. The normalized spacial score (nSPS) is 22.3. The molecule has 0 amide bonds. The Morgan fingerprint density at radius 2 is 1.93 bits per heavy atom. The molecule has 1 aromatic carbocycles. The van der Waals surface area contributed by atoms with Gasteiger partial charge in [-0.15, -0.1) is 0 Å². The lowest BCUT2D eigenvalue weighted by atomic mass is 10.1. The minimum absolute atomic E-state index is 0.0618. The summed E-state index contributed by atoms with van der Waals surface area (Å²) < 4.78 is 40.6. The molecular weight excluding hydrogens is 459 g/mol. The average molecular weight is 485 g/mol. The van der Waals surface area contributed by atoms with Gasteiger partial charge in [0.15, 0.2) is 9.84 Å². The summed E-state index contributed by atoms with van der Waals surface area (Å²) in [5.74, 6) is 0.256. The fraction of sp³-hybridized carbons (Fsp3) is 0.550. The number of hydrogen-bond acceptors (Lipinski definition) is 5. The molecule has 0 N–H and O–H groups in total. The Morgan fingerprint density at radius 3 is 2.59 bits per heavy atom. The predicted molar refractivity (Wildman–Crippen MR) is 116 cm³/mol. The van der Waals surface area contributed by atoms with E-state index in [2.05, 4.69) is 30.8 Å². The van der Waals surface area contributed by atoms with E-state index in [0.29, 0.717) is 18.5 Å². The topological polar surface area (TPSA) is 58.4 Å². The van der Waals surface area contributed by atoms with E-state index in [4.69, 9.17) is 0 Å². The smallest absolute Gasteiger partial charge is 0.152 e. The Hall–Kier alpha value is -1.45. The Morgan fingerprint density at radius 1 is 1.21 bits per heavy atom. The van der Waals surface area contributed by atoms with E-state index >= 15 is 0 Å². The highest BCUT2D eigenvalue weighted by Crippen LogP contribution is 2.32. The number of anilines is 1. The first kappa shape index (κ1) is 20.8. The van der Waals surface area contributed by atoms with E-state index in [1.54, 1.807) is 6.07 Å². The third-order valence-electron chi connectivity index (χ3n) is 5.93. The van der Waals surface area contributed by atoms with Crippen molar-refractivity contribution in [2.24, 2.45) is 0 Å². The highest BCUT2D eigenvalue weighted by molar-refractivity contribution is 9.10. The number of piperazine rings is 1. The fourth-order valence-electron chi connectivity index (χ4n) is 4.47. The number of aromatic nitrogens is 2. The Balaban J connectivity index is 1.44. The molecule has 0 saturated carbocycles. The number of sulfone groups is 1. The molecule has 0 spiro atoms. The van der Waals surface area contributed by atoms with Gasteiger partial charge in [0, 0.05) is 42.8 Å². The first-order chi connectivity index (χ1) is 13.7. The van der Waals surface area contributed by atoms with Crippen LogP contribution in [0.2, 0.25) is 0 Å². The number of benzene rings is 1. The molecule has 1 atom stereocenters. The number of aryl methyl sites for hydroxylation is 1. The van der Waals surface area contributed by atoms with Crippen LogP contribution in [0.1, 0.15) is 29.4 Å². The van der Waals surface area contributed by atoms with Crippen molar-refractivity contribution in [3.8, 4) is 0 Å². The summed E-state index contributed by atoms with van der Waals surface area (Å²) in [7, 11) is -2.95. The molecule has 1 aromatic heterocycles. The average Bonchev–Trinajstić information content (AvgIpc) is 3.17. The second kappa shape index (κ2) is 8.00. The number of rotatable bonds is 4. The Labute approximate surface area is 179 Å². The molecule has 2 fully saturated rings. The molecule has 9 heteroatoms. The van der Waals surface area contributed by atoms with E-state index in [0.717, 1.165) is 47.7 Å². The van der Waals surface area contributed by atoms with Gasteiger partial charge in [-0.3, -0.25) is 9.58 Å². The van der Waals surface area contributed by atoms with Crippen molar-refractivity contribution in [3.05, 3.63) is 45.4 Å². The van der Waals surface area contributed by atoms with E-state index in [1.807, 2.05) is 24.6 Å². The van der Waals surface area contributed by atoms with E-state index in [9.17, 15) is 12.8 Å². The third-order valence-corrected chi connectivity index (χ3v) is 8.17. The van der Waals surface area contributed by atoms with E-state index in [-0.39, 0.29) is 23.4 Å². The van der Waals surface area contributed by atoms with Crippen molar-refractivity contribution < 1.29 is 12.8 Å². The van der Waals surface area contributed by atoms with Gasteiger partial charge in [-0.25, -0.2) is 12.8 Å². The highest BCUT2D eigenvalue weighted by atomic mass is 79.9. The summed E-state index contributed by atoms with van der Waals surface area (Å²) in [6, 6.07) is 5.00. The summed E-state index contributed by atoms with van der Waals surface area (Å²) in [6.07, 6.45) is 0.635. The van der Waals surface area contributed by atoms with Crippen LogP contribution in [0.25, 0.3) is 0 Å². The molecule has 4 rings (SSSR count). The van der Waals surface area contributed by atoms with Gasteiger partial charge in [0.25, 0.3) is 0 Å². The first-order valence-corrected chi connectivity index (χ1v) is 12.5. The van der Waals surface area contributed by atoms with Gasteiger partial charge in [0.1, 0.15) is 5.82 Å². The van der Waals surface area contributed by atoms with Crippen molar-refractivity contribution in [2.45, 2.75) is 32.9 Å². The molecule has 2 saturated heterocycles. The first-order valence-electron chi connectivity index (χ1n) is 9.91. The SMILES string of the molecule is Cc1nn(C2CCS(=O)(=O)C2)c(C)c1N1CCN(Cc2cc(Br)ccc2F)CC1. The zero-order valence-corrected chi connectivity index (χ0v) is 19.1. The van der Waals surface area contributed by atoms with Gasteiger partial charge in [-0.1, -0.05) is 15.9 Å². The quantitative estimate of drug-likeness (QED) is 0.667. The number of halogens is 2. The molecule has 0 radical (unpaired) electrons. The van der Waals surface area contributed by atoms with Crippen molar-refractivity contribution in [2.75, 3.05) is 42.6 Å². The molecular formula is C20H26BrFN4O2S. The zero-order valence-electron chi connectivity index (χ0n) is 16.7. The number of nitrogens with zero attached hydrogens (tertiary/aromatic N) is 4. The molecule has 2 aromatic rings. The summed E-state index contributed by atoms with van der Waals surface area (Å²) in [5, 5.41) is 4.68. The largest absolute Gasteiger partial charge is 0.366 e. The van der Waals surface area contributed by atoms with Crippen LogP contribution in [0.5, 0.6) is 0 Å². The van der Waals surface area contributed by atoms with Crippen LogP contribution in [-0.2, 0) is 16.4 Å². The Bertz CT molecular complexity index is 1020. The van der Waals surface area contributed by atoms with Crippen LogP contribution in [0.3, 0.4) is 0 Å². The minimum atomic E-state index is -2.95. The van der Waals surface area contributed by atoms with Crippen LogP contribution in [-0.4, -0.2) is 60.8 Å². The van der Waals surface area contributed by atoms with Crippen molar-refractivity contribution in [1.82, 2.24) is 14.7 Å². The van der Waals surface area contributed by atoms with Crippen LogP contribution in [0.15, 0.2) is 22.7 Å². The van der Waals surface area contributed by atoms with E-state index < -0.39 is 9.84 Å². The lowest BCUT2D eigenvalue weighted by Crippen LogP contribution is -2.46. The monoisotopic (exact) mass is 484 g/mol. The second-order valence-electron chi connectivity index (χ2n) is 8.02. The molecule has 0 bridgehead atoms. The summed E-state index contributed by atoms with van der Waals surface area (Å²) >= 11 is 3.41. The maximum absolute atomic E-state index is 14.1. The second-order valence-corrected chi connectivity index (χ2v) is 11.2. The maximum Gasteiger partial charge on any atom is 0.152 e.